The van der Waals surface area contributed by atoms with Crippen LogP contribution in [0.4, 0.5) is 0 Å². The number of hydrogen-bond donors (Lipinski definition) is 2. The van der Waals surface area contributed by atoms with Gasteiger partial charge in [0.1, 0.15) is 26.2 Å². The van der Waals surface area contributed by atoms with Gasteiger partial charge in [0.05, 0.1) is 43.4 Å². The summed E-state index contributed by atoms with van der Waals surface area (Å²) in [4.78, 5) is 8.65. The van der Waals surface area contributed by atoms with Crippen molar-refractivity contribution < 1.29 is 19.3 Å². The first-order valence-corrected chi connectivity index (χ1v) is 10.7. The van der Waals surface area contributed by atoms with Gasteiger partial charge in [-0.2, -0.15) is 0 Å². The number of hydrogen-bond acceptors (Lipinski definition) is 3. The van der Waals surface area contributed by atoms with E-state index in [1.807, 2.05) is 0 Å². The van der Waals surface area contributed by atoms with Gasteiger partial charge in [-0.25, -0.2) is 4.98 Å². The molecule has 1 aromatic heterocycles. The van der Waals surface area contributed by atoms with E-state index in [9.17, 15) is 0 Å². The van der Waals surface area contributed by atoms with Crippen molar-refractivity contribution in [1.82, 2.24) is 9.55 Å². The average Bonchev–Trinajstić information content (AvgIpc) is 3.38. The number of rotatable bonds is 2. The van der Waals surface area contributed by atoms with Gasteiger partial charge in [-0.1, -0.05) is 12.1 Å². The third kappa shape index (κ3) is 2.24. The van der Waals surface area contributed by atoms with Crippen molar-refractivity contribution in [2.45, 2.75) is 31.0 Å². The van der Waals surface area contributed by atoms with Crippen molar-refractivity contribution in [2.24, 2.45) is 5.92 Å². The molecule has 2 aromatic rings. The van der Waals surface area contributed by atoms with E-state index in [1.165, 1.54) is 36.1 Å². The van der Waals surface area contributed by atoms with Crippen LogP contribution in [0.2, 0.25) is 0 Å². The monoisotopic (exact) mass is 370 g/mol. The number of morpholine rings is 2. The summed E-state index contributed by atoms with van der Waals surface area (Å²) >= 11 is 0. The summed E-state index contributed by atoms with van der Waals surface area (Å²) in [6.45, 7) is 8.01. The van der Waals surface area contributed by atoms with Crippen molar-refractivity contribution in [3.8, 4) is 0 Å². The zero-order chi connectivity index (χ0) is 17.8. The first-order valence-electron chi connectivity index (χ1n) is 10.7. The summed E-state index contributed by atoms with van der Waals surface area (Å²) < 4.78 is 14.1. The van der Waals surface area contributed by atoms with Crippen LogP contribution >= 0.6 is 0 Å². The number of imidazole rings is 1. The fourth-order valence-electron chi connectivity index (χ4n) is 6.65. The Bertz CT molecular complexity index is 840. The number of quaternary nitrogens is 2. The average molecular weight is 370 g/mol. The summed E-state index contributed by atoms with van der Waals surface area (Å²) in [6, 6.07) is 9.30. The van der Waals surface area contributed by atoms with Gasteiger partial charge in [0.15, 0.2) is 17.5 Å². The van der Waals surface area contributed by atoms with Gasteiger partial charge >= 0.3 is 0 Å². The van der Waals surface area contributed by atoms with Crippen LogP contribution in [0.3, 0.4) is 0 Å². The number of nitrogens with one attached hydrogen (secondary N) is 2. The lowest BCUT2D eigenvalue weighted by atomic mass is 9.89. The largest absolute Gasteiger partial charge is 0.370 e. The van der Waals surface area contributed by atoms with Crippen molar-refractivity contribution >= 4 is 11.0 Å². The van der Waals surface area contributed by atoms with Crippen LogP contribution in [-0.2, 0) is 15.1 Å². The molecule has 6 nitrogen and oxygen atoms in total. The molecule has 0 unspecified atom stereocenters. The van der Waals surface area contributed by atoms with E-state index in [1.54, 1.807) is 9.80 Å². The molecule has 0 spiro atoms. The van der Waals surface area contributed by atoms with Gasteiger partial charge < -0.3 is 19.3 Å². The molecule has 1 aliphatic carbocycles. The molecule has 3 fully saturated rings. The van der Waals surface area contributed by atoms with Crippen molar-refractivity contribution in [2.75, 3.05) is 52.6 Å². The molecule has 2 N–H and O–H groups in total. The Kier molecular flexibility index (Phi) is 3.83. The van der Waals surface area contributed by atoms with Gasteiger partial charge in [-0.3, -0.25) is 4.57 Å². The molecule has 27 heavy (non-hydrogen) atoms. The highest BCUT2D eigenvalue weighted by atomic mass is 16.5. The second-order valence-corrected chi connectivity index (χ2v) is 8.68. The van der Waals surface area contributed by atoms with E-state index in [4.69, 9.17) is 14.5 Å². The van der Waals surface area contributed by atoms with Crippen LogP contribution in [0, 0.1) is 5.92 Å². The van der Waals surface area contributed by atoms with Gasteiger partial charge in [0, 0.05) is 6.42 Å². The normalized spacial score (nSPS) is 34.8. The summed E-state index contributed by atoms with van der Waals surface area (Å²) in [7, 11) is 0. The number of para-hydroxylation sites is 2. The molecule has 0 bridgehead atoms. The molecule has 2 saturated heterocycles. The smallest absolute Gasteiger partial charge is 0.187 e. The highest BCUT2D eigenvalue weighted by Gasteiger charge is 2.65. The van der Waals surface area contributed by atoms with E-state index in [2.05, 4.69) is 28.8 Å². The summed E-state index contributed by atoms with van der Waals surface area (Å²) in [5.41, 5.74) is 2.68. The Morgan fingerprint density at radius 2 is 1.74 bits per heavy atom. The summed E-state index contributed by atoms with van der Waals surface area (Å²) in [5.74, 6) is 2.03. The Hall–Kier alpha value is -1.47. The second-order valence-electron chi connectivity index (χ2n) is 8.68. The zero-order valence-electron chi connectivity index (χ0n) is 16.0. The molecule has 0 amide bonds. The maximum Gasteiger partial charge on any atom is 0.187 e. The second kappa shape index (κ2) is 6.27. The van der Waals surface area contributed by atoms with Crippen LogP contribution in [0.5, 0.6) is 0 Å². The van der Waals surface area contributed by atoms with Crippen LogP contribution in [0.1, 0.15) is 31.1 Å². The molecular formula is C21H30N4O2+2. The predicted octanol–water partition coefficient (Wildman–Crippen LogP) is -0.626. The highest BCUT2D eigenvalue weighted by Crippen LogP contribution is 2.51. The SMILES string of the molecule is c1ccc2c(c1)nc1n2[C@@]2([NH+]3CCOCC3)CCC[C@H]2[C@@H]1[NH+]1CCOCC1. The molecular weight excluding hydrogens is 340 g/mol. The van der Waals surface area contributed by atoms with Gasteiger partial charge in [-0.15, -0.1) is 0 Å². The van der Waals surface area contributed by atoms with Gasteiger partial charge in [0.25, 0.3) is 0 Å². The third-order valence-electron chi connectivity index (χ3n) is 7.64. The Labute approximate surface area is 160 Å². The molecule has 1 saturated carbocycles. The molecule has 4 aliphatic rings. The molecule has 3 atom stereocenters. The number of ether oxygens (including phenoxy) is 2. The fraction of sp³-hybridized carbons (Fsp3) is 0.667. The molecule has 0 radical (unpaired) electrons. The predicted molar refractivity (Wildman–Crippen MR) is 101 cm³/mol. The number of benzene rings is 1. The molecule has 1 aromatic carbocycles. The Balaban J connectivity index is 1.55. The number of nitrogens with zero attached hydrogens (tertiary/aromatic N) is 2. The maximum atomic E-state index is 5.74. The molecule has 4 heterocycles. The lowest BCUT2D eigenvalue weighted by Gasteiger charge is -2.42. The highest BCUT2D eigenvalue weighted by molar-refractivity contribution is 5.76. The van der Waals surface area contributed by atoms with E-state index < -0.39 is 0 Å². The summed E-state index contributed by atoms with van der Waals surface area (Å²) in [6.07, 6.45) is 3.94. The zero-order valence-corrected chi connectivity index (χ0v) is 16.0. The standard InChI is InChI=1S/C21H28N4O2/c1-2-6-18-17(5-1)22-20-19(23-8-12-26-13-9-23)16-4-3-7-21(16,25(18)20)24-10-14-27-15-11-24/h1-2,5-6,16,19H,3-4,7-15H2/p+2/t16-,19-,21-/m0/s1. The minimum atomic E-state index is 0.172. The van der Waals surface area contributed by atoms with Crippen molar-refractivity contribution in [3.63, 3.8) is 0 Å². The van der Waals surface area contributed by atoms with Crippen molar-refractivity contribution in [1.29, 1.82) is 0 Å². The first-order chi connectivity index (χ1) is 13.4. The van der Waals surface area contributed by atoms with Crippen LogP contribution in [-0.4, -0.2) is 62.2 Å². The molecule has 144 valence electrons. The van der Waals surface area contributed by atoms with E-state index in [-0.39, 0.29) is 5.66 Å². The molecule has 6 heteroatoms. The minimum absolute atomic E-state index is 0.172. The third-order valence-corrected chi connectivity index (χ3v) is 7.64. The van der Waals surface area contributed by atoms with Crippen LogP contribution in [0.15, 0.2) is 24.3 Å². The first kappa shape index (κ1) is 16.5. The lowest BCUT2D eigenvalue weighted by molar-refractivity contribution is -0.992. The van der Waals surface area contributed by atoms with E-state index >= 15 is 0 Å². The quantitative estimate of drug-likeness (QED) is 0.740. The maximum absolute atomic E-state index is 5.74. The molecule has 3 aliphatic heterocycles. The minimum Gasteiger partial charge on any atom is -0.370 e. The van der Waals surface area contributed by atoms with Crippen molar-refractivity contribution in [3.05, 3.63) is 30.1 Å². The number of aromatic nitrogens is 2. The van der Waals surface area contributed by atoms with E-state index in [0.717, 1.165) is 52.6 Å². The fourth-order valence-corrected chi connectivity index (χ4v) is 6.65. The lowest BCUT2D eigenvalue weighted by Crippen LogP contribution is -3.22. The topological polar surface area (TPSA) is 45.2 Å². The molecule has 6 rings (SSSR count). The van der Waals surface area contributed by atoms with E-state index in [0.29, 0.717) is 12.0 Å². The Morgan fingerprint density at radius 1 is 1.00 bits per heavy atom. The van der Waals surface area contributed by atoms with Crippen LogP contribution < -0.4 is 9.80 Å². The summed E-state index contributed by atoms with van der Waals surface area (Å²) in [5, 5.41) is 0. The Morgan fingerprint density at radius 3 is 2.56 bits per heavy atom. The van der Waals surface area contributed by atoms with Gasteiger partial charge in [0.2, 0.25) is 0 Å². The van der Waals surface area contributed by atoms with Gasteiger partial charge in [-0.05, 0) is 25.0 Å². The number of fused-ring (bicyclic) bond motifs is 5. The van der Waals surface area contributed by atoms with Crippen LogP contribution in [0.25, 0.3) is 11.0 Å².